The number of nitriles is 1. The summed E-state index contributed by atoms with van der Waals surface area (Å²) in [5.74, 6) is 0.488. The molecular weight excluding hydrogens is 513 g/mol. The van der Waals surface area contributed by atoms with E-state index in [4.69, 9.17) is 9.47 Å². The maximum absolute atomic E-state index is 15.3. The van der Waals surface area contributed by atoms with E-state index in [0.29, 0.717) is 23.4 Å². The molecule has 4 aliphatic heterocycles. The minimum atomic E-state index is -0.903. The lowest BCUT2D eigenvalue weighted by molar-refractivity contribution is -0.128. The Balaban J connectivity index is 1.07. The first kappa shape index (κ1) is 27.3. The molecule has 6 atom stereocenters. The molecule has 9 nitrogen and oxygen atoms in total. The van der Waals surface area contributed by atoms with Gasteiger partial charge in [-0.1, -0.05) is 6.07 Å². The van der Waals surface area contributed by atoms with Crippen molar-refractivity contribution in [2.45, 2.75) is 76.2 Å². The number of ether oxygens (including phenoxy) is 2. The van der Waals surface area contributed by atoms with Gasteiger partial charge >= 0.3 is 6.09 Å². The zero-order chi connectivity index (χ0) is 28.2. The van der Waals surface area contributed by atoms with E-state index in [2.05, 4.69) is 21.2 Å². The number of halogens is 1. The van der Waals surface area contributed by atoms with Gasteiger partial charge in [0, 0.05) is 44.3 Å². The summed E-state index contributed by atoms with van der Waals surface area (Å²) in [6.07, 6.45) is 2.03. The fourth-order valence-electron chi connectivity index (χ4n) is 7.38. The van der Waals surface area contributed by atoms with Gasteiger partial charge in [-0.25, -0.2) is 9.18 Å². The van der Waals surface area contributed by atoms with Crippen LogP contribution in [-0.2, 0) is 20.7 Å². The molecule has 2 amide bonds. The number of anilines is 1. The first-order chi connectivity index (χ1) is 19.1. The Labute approximate surface area is 235 Å². The average molecular weight is 554 g/mol. The number of hydrogen-bond acceptors (Lipinski definition) is 7. The average Bonchev–Trinajstić information content (AvgIpc) is 3.62. The zero-order valence-corrected chi connectivity index (χ0v) is 23.6. The van der Waals surface area contributed by atoms with Gasteiger partial charge in [0.25, 0.3) is 0 Å². The molecule has 216 valence electrons. The lowest BCUT2D eigenvalue weighted by Gasteiger charge is -2.35. The lowest BCUT2D eigenvalue weighted by atomic mass is 9.97. The number of nitrogens with one attached hydrogen (secondary N) is 1. The van der Waals surface area contributed by atoms with Crippen LogP contribution in [0.25, 0.3) is 0 Å². The van der Waals surface area contributed by atoms with Crippen LogP contribution >= 0.6 is 0 Å². The second-order valence-corrected chi connectivity index (χ2v) is 13.3. The topological polar surface area (TPSA) is 98.1 Å². The summed E-state index contributed by atoms with van der Waals surface area (Å²) < 4.78 is 26.2. The third kappa shape index (κ3) is 5.26. The van der Waals surface area contributed by atoms with Crippen molar-refractivity contribution in [3.8, 4) is 6.07 Å². The molecule has 1 aromatic rings. The summed E-state index contributed by atoms with van der Waals surface area (Å²) in [6, 6.07) is 6.31. The minimum absolute atomic E-state index is 0.0263. The van der Waals surface area contributed by atoms with Crippen molar-refractivity contribution >= 4 is 17.7 Å². The van der Waals surface area contributed by atoms with E-state index in [1.807, 2.05) is 6.07 Å². The highest BCUT2D eigenvalue weighted by Gasteiger charge is 2.52. The Morgan fingerprint density at radius 1 is 1.12 bits per heavy atom. The van der Waals surface area contributed by atoms with Crippen molar-refractivity contribution in [2.75, 3.05) is 44.3 Å². The van der Waals surface area contributed by atoms with Crippen LogP contribution in [0.4, 0.5) is 14.9 Å². The van der Waals surface area contributed by atoms with E-state index in [1.165, 1.54) is 0 Å². The van der Waals surface area contributed by atoms with Crippen LogP contribution in [0.2, 0.25) is 0 Å². The van der Waals surface area contributed by atoms with Crippen molar-refractivity contribution < 1.29 is 23.5 Å². The molecule has 40 heavy (non-hydrogen) atoms. The fraction of sp³-hybridized carbons (Fsp3) is 0.700. The standard InChI is InChI=1S/C30H40FN5O4/c1-30(2,3)40-29(38)36-24-7-5-19(9-24)27(36)28(37)33-22(11-32)8-18-4-6-23(10-26(18)31)34-12-20-14-35(15-21(20)13-34)25-16-39-17-25/h4,6,10,19-22,24-25,27H,5,7-9,12-17H2,1-3H3,(H,33,37)/t19-,20?,21?,22-,24+,27-/m0/s1. The number of carbonyl (C=O) groups excluding carboxylic acids is 2. The number of amides is 2. The van der Waals surface area contributed by atoms with Crippen LogP contribution in [0.5, 0.6) is 0 Å². The Morgan fingerprint density at radius 3 is 2.45 bits per heavy atom. The molecule has 0 radical (unpaired) electrons. The van der Waals surface area contributed by atoms with Crippen LogP contribution in [-0.4, -0.2) is 91.0 Å². The molecule has 5 aliphatic rings. The second kappa shape index (κ2) is 10.5. The van der Waals surface area contributed by atoms with Crippen LogP contribution < -0.4 is 10.2 Å². The Bertz CT molecular complexity index is 1180. The van der Waals surface area contributed by atoms with Crippen molar-refractivity contribution in [3.05, 3.63) is 29.6 Å². The summed E-state index contributed by atoms with van der Waals surface area (Å²) in [5, 5.41) is 12.6. The van der Waals surface area contributed by atoms with Gasteiger partial charge in [0.15, 0.2) is 0 Å². The summed E-state index contributed by atoms with van der Waals surface area (Å²) in [5.41, 5.74) is 0.586. The molecule has 0 spiro atoms. The predicted molar refractivity (Wildman–Crippen MR) is 146 cm³/mol. The molecule has 2 unspecified atom stereocenters. The van der Waals surface area contributed by atoms with Crippen LogP contribution in [0, 0.1) is 34.9 Å². The monoisotopic (exact) mass is 553 g/mol. The van der Waals surface area contributed by atoms with Gasteiger partial charge < -0.3 is 19.7 Å². The lowest BCUT2D eigenvalue weighted by Crippen LogP contribution is -2.55. The number of piperidine rings is 1. The van der Waals surface area contributed by atoms with Crippen molar-refractivity contribution in [2.24, 2.45) is 17.8 Å². The number of hydrogen-bond donors (Lipinski definition) is 1. The fourth-order valence-corrected chi connectivity index (χ4v) is 7.38. The first-order valence-corrected chi connectivity index (χ1v) is 14.7. The Kier molecular flexibility index (Phi) is 7.16. The summed E-state index contributed by atoms with van der Waals surface area (Å²) in [4.78, 5) is 32.6. The van der Waals surface area contributed by atoms with Gasteiger partial charge in [-0.2, -0.15) is 5.26 Å². The van der Waals surface area contributed by atoms with E-state index >= 15 is 4.39 Å². The quantitative estimate of drug-likeness (QED) is 0.579. The number of carbonyl (C=O) groups is 2. The summed E-state index contributed by atoms with van der Waals surface area (Å²) in [6.45, 7) is 11.1. The molecular formula is C30H40FN5O4. The van der Waals surface area contributed by atoms with Gasteiger partial charge in [0.2, 0.25) is 5.91 Å². The van der Waals surface area contributed by atoms with Crippen LogP contribution in [0.3, 0.4) is 0 Å². The van der Waals surface area contributed by atoms with Crippen LogP contribution in [0.1, 0.15) is 45.6 Å². The molecule has 1 aliphatic carbocycles. The van der Waals surface area contributed by atoms with Crippen LogP contribution in [0.15, 0.2) is 18.2 Å². The number of nitrogens with zero attached hydrogens (tertiary/aromatic N) is 4. The highest BCUT2D eigenvalue weighted by molar-refractivity contribution is 5.87. The van der Waals surface area contributed by atoms with Gasteiger partial charge in [-0.3, -0.25) is 14.6 Å². The molecule has 6 rings (SSSR count). The third-order valence-corrected chi connectivity index (χ3v) is 9.41. The second-order valence-electron chi connectivity index (χ2n) is 13.3. The molecule has 1 N–H and O–H groups in total. The Hall–Kier alpha value is -2.90. The first-order valence-electron chi connectivity index (χ1n) is 14.7. The third-order valence-electron chi connectivity index (χ3n) is 9.41. The van der Waals surface area contributed by atoms with Gasteiger partial charge in [-0.05, 0) is 75.5 Å². The van der Waals surface area contributed by atoms with E-state index in [0.717, 1.165) is 64.3 Å². The number of rotatable bonds is 6. The van der Waals surface area contributed by atoms with E-state index < -0.39 is 23.8 Å². The summed E-state index contributed by atoms with van der Waals surface area (Å²) >= 11 is 0. The minimum Gasteiger partial charge on any atom is -0.444 e. The SMILES string of the molecule is CC(C)(C)OC(=O)N1[C@@H]2CC[C@@H](C2)[C@H]1C(=O)N[C@H](C#N)Cc1ccc(N2CC3CN(C4COC4)CC3C2)cc1F. The number of likely N-dealkylation sites (tertiary alicyclic amines) is 2. The Morgan fingerprint density at radius 2 is 1.85 bits per heavy atom. The summed E-state index contributed by atoms with van der Waals surface area (Å²) in [7, 11) is 0. The number of fused-ring (bicyclic) bond motifs is 3. The largest absolute Gasteiger partial charge is 0.444 e. The molecule has 2 bridgehead atoms. The molecule has 1 saturated carbocycles. The molecule has 4 heterocycles. The molecule has 5 fully saturated rings. The maximum atomic E-state index is 15.3. The van der Waals surface area contributed by atoms with E-state index in [-0.39, 0.29) is 30.1 Å². The molecule has 1 aromatic carbocycles. The van der Waals surface area contributed by atoms with Crippen molar-refractivity contribution in [3.63, 3.8) is 0 Å². The van der Waals surface area contributed by atoms with Crippen molar-refractivity contribution in [1.29, 1.82) is 5.26 Å². The predicted octanol–water partition coefficient (Wildman–Crippen LogP) is 2.93. The van der Waals surface area contributed by atoms with Gasteiger partial charge in [0.05, 0.1) is 25.3 Å². The molecule has 4 saturated heterocycles. The van der Waals surface area contributed by atoms with Gasteiger partial charge in [-0.15, -0.1) is 0 Å². The number of benzene rings is 1. The van der Waals surface area contributed by atoms with Gasteiger partial charge in [0.1, 0.15) is 23.5 Å². The molecule has 0 aromatic heterocycles. The van der Waals surface area contributed by atoms with E-state index in [1.54, 1.807) is 37.8 Å². The highest BCUT2D eigenvalue weighted by atomic mass is 19.1. The molecule has 10 heteroatoms. The van der Waals surface area contributed by atoms with Crippen molar-refractivity contribution in [1.82, 2.24) is 15.1 Å². The normalized spacial score (nSPS) is 30.6. The van der Waals surface area contributed by atoms with E-state index in [9.17, 15) is 14.9 Å². The maximum Gasteiger partial charge on any atom is 0.411 e. The highest BCUT2D eigenvalue weighted by Crippen LogP contribution is 2.43. The smallest absolute Gasteiger partial charge is 0.411 e. The zero-order valence-electron chi connectivity index (χ0n) is 23.6.